The summed E-state index contributed by atoms with van der Waals surface area (Å²) in [5, 5.41) is 0. The van der Waals surface area contributed by atoms with Crippen LogP contribution in [-0.2, 0) is 6.54 Å². The highest BCUT2D eigenvalue weighted by molar-refractivity contribution is 5.46. The lowest BCUT2D eigenvalue weighted by molar-refractivity contribution is 0.146. The maximum atomic E-state index is 13.0. The average Bonchev–Trinajstić information content (AvgIpc) is 2.09. The molecule has 0 radical (unpaired) electrons. The zero-order chi connectivity index (χ0) is 10.0. The van der Waals surface area contributed by atoms with Crippen LogP contribution in [0.4, 0.5) is 18.9 Å². The van der Waals surface area contributed by atoms with E-state index in [1.807, 2.05) is 0 Å². The van der Waals surface area contributed by atoms with E-state index in [0.29, 0.717) is 0 Å². The molecular formula is C7H8F3N3. The normalized spacial score (nSPS) is 10.8. The zero-order valence-electron chi connectivity index (χ0n) is 6.60. The Balaban J connectivity index is 3.23. The van der Waals surface area contributed by atoms with Crippen molar-refractivity contribution in [3.63, 3.8) is 0 Å². The summed E-state index contributed by atoms with van der Waals surface area (Å²) in [6.45, 7) is -0.0771. The highest BCUT2D eigenvalue weighted by Gasteiger charge is 2.18. The van der Waals surface area contributed by atoms with Gasteiger partial charge in [0.05, 0.1) is 16.9 Å². The van der Waals surface area contributed by atoms with Crippen molar-refractivity contribution < 1.29 is 13.2 Å². The van der Waals surface area contributed by atoms with Crippen LogP contribution >= 0.6 is 0 Å². The van der Waals surface area contributed by atoms with Gasteiger partial charge in [-0.3, -0.25) is 4.98 Å². The third kappa shape index (κ3) is 1.72. The number of rotatable bonds is 2. The van der Waals surface area contributed by atoms with E-state index in [1.165, 1.54) is 0 Å². The highest BCUT2D eigenvalue weighted by atomic mass is 19.3. The number of halogens is 3. The van der Waals surface area contributed by atoms with Crippen molar-refractivity contribution in [2.45, 2.75) is 13.0 Å². The summed E-state index contributed by atoms with van der Waals surface area (Å²) in [5.74, 6) is -1.13. The number of nitrogens with zero attached hydrogens (tertiary/aromatic N) is 1. The number of alkyl halides is 2. The minimum atomic E-state index is -2.92. The Bertz CT molecular complexity index is 314. The molecule has 1 rings (SSSR count). The predicted octanol–water partition coefficient (Wildman–Crippen LogP) is 1.20. The summed E-state index contributed by atoms with van der Waals surface area (Å²) in [6, 6.07) is 0. The van der Waals surface area contributed by atoms with Crippen molar-refractivity contribution in [3.8, 4) is 0 Å². The van der Waals surface area contributed by atoms with Crippen LogP contribution in [-0.4, -0.2) is 4.98 Å². The Kier molecular flexibility index (Phi) is 2.72. The molecule has 0 atom stereocenters. The SMILES string of the molecule is NCc1ncc(C(F)F)c(F)c1N. The fourth-order valence-corrected chi connectivity index (χ4v) is 0.871. The van der Waals surface area contributed by atoms with E-state index in [4.69, 9.17) is 11.5 Å². The number of nitrogens with two attached hydrogens (primary N) is 2. The Morgan fingerprint density at radius 1 is 1.46 bits per heavy atom. The van der Waals surface area contributed by atoms with Crippen LogP contribution in [0.3, 0.4) is 0 Å². The van der Waals surface area contributed by atoms with Gasteiger partial charge >= 0.3 is 0 Å². The van der Waals surface area contributed by atoms with E-state index in [1.54, 1.807) is 0 Å². The first kappa shape index (κ1) is 9.79. The van der Waals surface area contributed by atoms with Gasteiger partial charge in [-0.2, -0.15) is 0 Å². The van der Waals surface area contributed by atoms with Crippen molar-refractivity contribution in [2.24, 2.45) is 5.73 Å². The molecule has 1 aromatic heterocycles. The summed E-state index contributed by atoms with van der Waals surface area (Å²) in [4.78, 5) is 3.51. The van der Waals surface area contributed by atoms with Crippen LogP contribution in [0, 0.1) is 5.82 Å². The Labute approximate surface area is 72.6 Å². The molecule has 3 nitrogen and oxygen atoms in total. The fraction of sp³-hybridized carbons (Fsp3) is 0.286. The maximum Gasteiger partial charge on any atom is 0.268 e. The highest BCUT2D eigenvalue weighted by Crippen LogP contribution is 2.25. The number of pyridine rings is 1. The molecule has 0 aliphatic rings. The van der Waals surface area contributed by atoms with Crippen molar-refractivity contribution in [2.75, 3.05) is 5.73 Å². The van der Waals surface area contributed by atoms with Crippen molar-refractivity contribution >= 4 is 5.69 Å². The molecule has 72 valence electrons. The average molecular weight is 191 g/mol. The second-order valence-corrected chi connectivity index (χ2v) is 2.39. The number of aromatic nitrogens is 1. The Hall–Kier alpha value is -1.30. The minimum Gasteiger partial charge on any atom is -0.395 e. The Morgan fingerprint density at radius 3 is 2.54 bits per heavy atom. The van der Waals surface area contributed by atoms with Gasteiger partial charge in [-0.05, 0) is 0 Å². The molecule has 0 unspecified atom stereocenters. The van der Waals surface area contributed by atoms with Crippen LogP contribution in [0.25, 0.3) is 0 Å². The topological polar surface area (TPSA) is 64.9 Å². The van der Waals surface area contributed by atoms with Crippen LogP contribution in [0.2, 0.25) is 0 Å². The fourth-order valence-electron chi connectivity index (χ4n) is 0.871. The van der Waals surface area contributed by atoms with Crippen LogP contribution in [0.5, 0.6) is 0 Å². The van der Waals surface area contributed by atoms with Gasteiger partial charge in [-0.1, -0.05) is 0 Å². The molecule has 0 saturated heterocycles. The number of anilines is 1. The van der Waals surface area contributed by atoms with Gasteiger partial charge in [0.15, 0.2) is 5.82 Å². The molecule has 1 heterocycles. The standard InChI is InChI=1S/C7H8F3N3/c8-5-3(7(9)10)2-13-4(1-11)6(5)12/h2,7H,1,11-12H2. The van der Waals surface area contributed by atoms with Crippen molar-refractivity contribution in [1.29, 1.82) is 0 Å². The lowest BCUT2D eigenvalue weighted by Crippen LogP contribution is -2.08. The van der Waals surface area contributed by atoms with E-state index in [-0.39, 0.29) is 12.2 Å². The summed E-state index contributed by atoms with van der Waals surface area (Å²) in [7, 11) is 0. The van der Waals surface area contributed by atoms with Gasteiger partial charge in [-0.15, -0.1) is 0 Å². The number of nitrogen functional groups attached to an aromatic ring is 1. The number of hydrogen-bond acceptors (Lipinski definition) is 3. The first-order valence-corrected chi connectivity index (χ1v) is 3.49. The van der Waals surface area contributed by atoms with Crippen molar-refractivity contribution in [3.05, 3.63) is 23.3 Å². The van der Waals surface area contributed by atoms with Gasteiger partial charge in [-0.25, -0.2) is 13.2 Å². The summed E-state index contributed by atoms with van der Waals surface area (Å²) < 4.78 is 37.2. The predicted molar refractivity (Wildman–Crippen MR) is 41.5 cm³/mol. The van der Waals surface area contributed by atoms with E-state index >= 15 is 0 Å². The molecular weight excluding hydrogens is 183 g/mol. The number of hydrogen-bond donors (Lipinski definition) is 2. The minimum absolute atomic E-state index is 0.0771. The molecule has 0 saturated carbocycles. The molecule has 0 amide bonds. The summed E-state index contributed by atoms with van der Waals surface area (Å²) in [6.07, 6.45) is -2.17. The van der Waals surface area contributed by atoms with Crippen LogP contribution in [0.1, 0.15) is 17.7 Å². The molecule has 0 aliphatic carbocycles. The molecule has 1 aromatic rings. The maximum absolute atomic E-state index is 13.0. The molecule has 4 N–H and O–H groups in total. The van der Waals surface area contributed by atoms with Crippen molar-refractivity contribution in [1.82, 2.24) is 4.98 Å². The second-order valence-electron chi connectivity index (χ2n) is 2.39. The van der Waals surface area contributed by atoms with E-state index in [9.17, 15) is 13.2 Å². The lowest BCUT2D eigenvalue weighted by atomic mass is 10.2. The van der Waals surface area contributed by atoms with Gasteiger partial charge in [0, 0.05) is 12.7 Å². The van der Waals surface area contributed by atoms with E-state index in [0.717, 1.165) is 6.20 Å². The molecule has 0 spiro atoms. The third-order valence-electron chi connectivity index (χ3n) is 1.59. The molecule has 0 aromatic carbocycles. The first-order chi connectivity index (χ1) is 6.07. The monoisotopic (exact) mass is 191 g/mol. The molecule has 0 aliphatic heterocycles. The Morgan fingerprint density at radius 2 is 2.08 bits per heavy atom. The van der Waals surface area contributed by atoms with E-state index < -0.39 is 23.5 Å². The first-order valence-electron chi connectivity index (χ1n) is 3.49. The van der Waals surface area contributed by atoms with Gasteiger partial charge in [0.1, 0.15) is 0 Å². The van der Waals surface area contributed by atoms with Crippen LogP contribution < -0.4 is 11.5 Å². The lowest BCUT2D eigenvalue weighted by Gasteiger charge is -2.06. The van der Waals surface area contributed by atoms with Gasteiger partial charge in [0.2, 0.25) is 0 Å². The summed E-state index contributed by atoms with van der Waals surface area (Å²) >= 11 is 0. The van der Waals surface area contributed by atoms with E-state index in [2.05, 4.69) is 4.98 Å². The van der Waals surface area contributed by atoms with Gasteiger partial charge < -0.3 is 11.5 Å². The van der Waals surface area contributed by atoms with Gasteiger partial charge in [0.25, 0.3) is 6.43 Å². The molecule has 6 heteroatoms. The zero-order valence-corrected chi connectivity index (χ0v) is 6.60. The smallest absolute Gasteiger partial charge is 0.268 e. The largest absolute Gasteiger partial charge is 0.395 e. The van der Waals surface area contributed by atoms with Crippen LogP contribution in [0.15, 0.2) is 6.20 Å². The molecule has 13 heavy (non-hydrogen) atoms. The quantitative estimate of drug-likeness (QED) is 0.738. The molecule has 0 fully saturated rings. The summed E-state index contributed by atoms with van der Waals surface area (Å²) in [5.41, 5.74) is 9.22. The second kappa shape index (κ2) is 3.61. The third-order valence-corrected chi connectivity index (χ3v) is 1.59. The molecule has 0 bridgehead atoms.